The fourth-order valence-electron chi connectivity index (χ4n) is 4.25. The highest BCUT2D eigenvalue weighted by atomic mass is 35.5. The number of ether oxygens (including phenoxy) is 1. The monoisotopic (exact) mass is 565 g/mol. The second-order valence-electron chi connectivity index (χ2n) is 9.09. The van der Waals surface area contributed by atoms with E-state index in [1.165, 1.54) is 17.0 Å². The van der Waals surface area contributed by atoms with Crippen LogP contribution in [0.5, 0.6) is 5.88 Å². The summed E-state index contributed by atoms with van der Waals surface area (Å²) < 4.78 is 53.6. The zero-order valence-corrected chi connectivity index (χ0v) is 22.8. The molecular weight excluding hydrogens is 538 g/mol. The maximum absolute atomic E-state index is 14.1. The molecule has 0 bridgehead atoms. The molecular formula is C28H28Cl2F3N3O2. The Balaban J connectivity index is 1.63. The molecule has 5 nitrogen and oxygen atoms in total. The minimum absolute atomic E-state index is 0.0384. The number of likely N-dealkylation sites (N-methyl/N-ethyl adjacent to an activating group) is 1. The zero-order valence-electron chi connectivity index (χ0n) is 21.3. The molecule has 0 atom stereocenters. The van der Waals surface area contributed by atoms with Gasteiger partial charge in [-0.2, -0.15) is 13.2 Å². The molecule has 0 N–H and O–H groups in total. The molecule has 2 heterocycles. The molecule has 0 unspecified atom stereocenters. The van der Waals surface area contributed by atoms with E-state index in [1.54, 1.807) is 25.2 Å². The fourth-order valence-corrected chi connectivity index (χ4v) is 4.82. The smallest absolute Gasteiger partial charge is 0.435 e. The predicted octanol–water partition coefficient (Wildman–Crippen LogP) is 8.87. The third kappa shape index (κ3) is 6.35. The fraction of sp³-hybridized carbons (Fsp3) is 0.357. The van der Waals surface area contributed by atoms with E-state index < -0.39 is 11.9 Å². The van der Waals surface area contributed by atoms with Gasteiger partial charge in [-0.05, 0) is 50.0 Å². The lowest BCUT2D eigenvalue weighted by Crippen LogP contribution is -2.24. The van der Waals surface area contributed by atoms with Crippen molar-refractivity contribution in [2.75, 3.05) is 18.5 Å². The lowest BCUT2D eigenvalue weighted by Gasteiger charge is -2.24. The molecule has 0 spiro atoms. The number of hydrogen-bond donors (Lipinski definition) is 0. The van der Waals surface area contributed by atoms with Gasteiger partial charge in [-0.15, -0.1) is 0 Å². The standard InChI is InChI=1S/C28H28Cl2F3N3O2/c1-4-7-17(8-5-2)15-36(3)22-13-14-23(34-27(22)28(31,32)33)37-16-19-25(35-38-26(19)18-11-12-18)24-20(29)9-6-10-21(24)30/h4,6-10,13-14,18H,5,11-12,15-16H2,1-3H3/b7-4-,17-8+. The third-order valence-electron chi connectivity index (χ3n) is 6.13. The molecule has 0 saturated heterocycles. The Hall–Kier alpha value is -2.97. The molecule has 0 radical (unpaired) electrons. The molecule has 1 aliphatic carbocycles. The Labute approximate surface area is 229 Å². The number of alkyl halides is 3. The second kappa shape index (κ2) is 11.8. The first-order valence-corrected chi connectivity index (χ1v) is 13.1. The number of aromatic nitrogens is 2. The van der Waals surface area contributed by atoms with Gasteiger partial charge in [-0.1, -0.05) is 59.6 Å². The summed E-state index contributed by atoms with van der Waals surface area (Å²) >= 11 is 12.8. The maximum Gasteiger partial charge on any atom is 0.435 e. The van der Waals surface area contributed by atoms with Crippen molar-refractivity contribution in [2.24, 2.45) is 0 Å². The summed E-state index contributed by atoms with van der Waals surface area (Å²) in [5, 5.41) is 4.96. The molecule has 1 aromatic carbocycles. The molecule has 2 aromatic heterocycles. The van der Waals surface area contributed by atoms with Gasteiger partial charge in [-0.3, -0.25) is 0 Å². The SMILES string of the molecule is C/C=C\C(=C/CC)CN(C)c1ccc(OCc2c(-c3c(Cl)cccc3Cl)noc2C2CC2)nc1C(F)(F)F. The van der Waals surface area contributed by atoms with Crippen LogP contribution in [0.4, 0.5) is 18.9 Å². The predicted molar refractivity (Wildman–Crippen MR) is 144 cm³/mol. The molecule has 10 heteroatoms. The minimum atomic E-state index is -4.68. The number of rotatable bonds is 10. The largest absolute Gasteiger partial charge is 0.473 e. The van der Waals surface area contributed by atoms with E-state index in [0.717, 1.165) is 24.8 Å². The Kier molecular flexibility index (Phi) is 8.73. The van der Waals surface area contributed by atoms with Crippen LogP contribution < -0.4 is 9.64 Å². The minimum Gasteiger partial charge on any atom is -0.473 e. The zero-order chi connectivity index (χ0) is 27.4. The number of anilines is 1. The van der Waals surface area contributed by atoms with Crippen LogP contribution in [0.3, 0.4) is 0 Å². The molecule has 1 aliphatic rings. The van der Waals surface area contributed by atoms with E-state index in [1.807, 2.05) is 32.1 Å². The summed E-state index contributed by atoms with van der Waals surface area (Å²) in [6.45, 7) is 4.05. The molecule has 38 heavy (non-hydrogen) atoms. The summed E-state index contributed by atoms with van der Waals surface area (Å²) in [4.78, 5) is 5.39. The first-order chi connectivity index (χ1) is 18.1. The summed E-state index contributed by atoms with van der Waals surface area (Å²) in [5.41, 5.74) is 1.35. The highest BCUT2D eigenvalue weighted by molar-refractivity contribution is 6.39. The lowest BCUT2D eigenvalue weighted by molar-refractivity contribution is -0.140. The average Bonchev–Trinajstić information content (AvgIpc) is 3.62. The Bertz CT molecular complexity index is 1330. The van der Waals surface area contributed by atoms with Gasteiger partial charge in [0.15, 0.2) is 5.69 Å². The number of halogens is 5. The van der Waals surface area contributed by atoms with Gasteiger partial charge >= 0.3 is 6.18 Å². The van der Waals surface area contributed by atoms with E-state index >= 15 is 0 Å². The number of hydrogen-bond acceptors (Lipinski definition) is 5. The van der Waals surface area contributed by atoms with Crippen molar-refractivity contribution in [3.63, 3.8) is 0 Å². The molecule has 0 amide bonds. The van der Waals surface area contributed by atoms with Gasteiger partial charge < -0.3 is 14.2 Å². The number of benzene rings is 1. The van der Waals surface area contributed by atoms with Gasteiger partial charge in [0.1, 0.15) is 18.1 Å². The first-order valence-electron chi connectivity index (χ1n) is 12.3. The van der Waals surface area contributed by atoms with Gasteiger partial charge in [0.05, 0.1) is 21.3 Å². The van der Waals surface area contributed by atoms with E-state index in [4.69, 9.17) is 32.5 Å². The van der Waals surface area contributed by atoms with Crippen molar-refractivity contribution in [3.05, 3.63) is 81.2 Å². The van der Waals surface area contributed by atoms with Crippen LogP contribution in [-0.2, 0) is 12.8 Å². The highest BCUT2D eigenvalue weighted by Gasteiger charge is 2.38. The van der Waals surface area contributed by atoms with E-state index in [0.29, 0.717) is 39.2 Å². The van der Waals surface area contributed by atoms with Crippen LogP contribution in [0.1, 0.15) is 56.0 Å². The van der Waals surface area contributed by atoms with Crippen LogP contribution in [0, 0.1) is 0 Å². The Morgan fingerprint density at radius 3 is 2.50 bits per heavy atom. The molecule has 0 aliphatic heterocycles. The topological polar surface area (TPSA) is 51.4 Å². The normalized spacial score (nSPS) is 14.4. The van der Waals surface area contributed by atoms with E-state index in [9.17, 15) is 13.2 Å². The molecule has 202 valence electrons. The first kappa shape index (κ1) is 28.0. The van der Waals surface area contributed by atoms with Crippen molar-refractivity contribution in [2.45, 2.75) is 51.8 Å². The van der Waals surface area contributed by atoms with Gasteiger partial charge in [0.25, 0.3) is 0 Å². The Morgan fingerprint density at radius 1 is 1.18 bits per heavy atom. The van der Waals surface area contributed by atoms with Gasteiger partial charge in [-0.25, -0.2) is 4.98 Å². The van der Waals surface area contributed by atoms with Crippen molar-refractivity contribution >= 4 is 28.9 Å². The quantitative estimate of drug-likeness (QED) is 0.230. The summed E-state index contributed by atoms with van der Waals surface area (Å²) in [7, 11) is 1.61. The summed E-state index contributed by atoms with van der Waals surface area (Å²) in [6.07, 6.45) is 3.68. The summed E-state index contributed by atoms with van der Waals surface area (Å²) in [6, 6.07) is 7.90. The average molecular weight is 566 g/mol. The number of pyridine rings is 1. The van der Waals surface area contributed by atoms with Gasteiger partial charge in [0.2, 0.25) is 5.88 Å². The lowest BCUT2D eigenvalue weighted by atomic mass is 10.0. The van der Waals surface area contributed by atoms with E-state index in [-0.39, 0.29) is 24.1 Å². The molecule has 4 rings (SSSR count). The van der Waals surface area contributed by atoms with Crippen LogP contribution in [-0.4, -0.2) is 23.7 Å². The number of allylic oxidation sites excluding steroid dienone is 2. The van der Waals surface area contributed by atoms with Crippen molar-refractivity contribution in [1.29, 1.82) is 0 Å². The summed E-state index contributed by atoms with van der Waals surface area (Å²) in [5.74, 6) is 0.641. The van der Waals surface area contributed by atoms with Crippen LogP contribution in [0.15, 0.2) is 58.7 Å². The van der Waals surface area contributed by atoms with Crippen molar-refractivity contribution in [3.8, 4) is 17.1 Å². The van der Waals surface area contributed by atoms with Crippen molar-refractivity contribution < 1.29 is 22.4 Å². The molecule has 3 aromatic rings. The van der Waals surface area contributed by atoms with E-state index in [2.05, 4.69) is 10.1 Å². The second-order valence-corrected chi connectivity index (χ2v) is 9.91. The Morgan fingerprint density at radius 2 is 1.89 bits per heavy atom. The van der Waals surface area contributed by atoms with Crippen LogP contribution >= 0.6 is 23.2 Å². The third-order valence-corrected chi connectivity index (χ3v) is 6.76. The van der Waals surface area contributed by atoms with Crippen LogP contribution in [0.2, 0.25) is 10.0 Å². The maximum atomic E-state index is 14.1. The molecule has 1 saturated carbocycles. The number of nitrogens with zero attached hydrogens (tertiary/aromatic N) is 3. The van der Waals surface area contributed by atoms with Gasteiger partial charge in [0, 0.05) is 31.1 Å². The highest BCUT2D eigenvalue weighted by Crippen LogP contribution is 2.46. The van der Waals surface area contributed by atoms with Crippen molar-refractivity contribution in [1.82, 2.24) is 10.1 Å². The van der Waals surface area contributed by atoms with Crippen LogP contribution in [0.25, 0.3) is 11.3 Å². The molecule has 1 fully saturated rings.